The molecule has 0 spiro atoms. The zero-order valence-electron chi connectivity index (χ0n) is 10.6. The van der Waals surface area contributed by atoms with Gasteiger partial charge in [0.1, 0.15) is 10.8 Å². The second-order valence-corrected chi connectivity index (χ2v) is 5.12. The molecule has 104 valence electrons. The summed E-state index contributed by atoms with van der Waals surface area (Å²) in [5.41, 5.74) is 0. The number of amides is 1. The lowest BCUT2D eigenvalue weighted by Gasteiger charge is -2.03. The van der Waals surface area contributed by atoms with Gasteiger partial charge in [-0.2, -0.15) is 0 Å². The fourth-order valence-corrected chi connectivity index (χ4v) is 2.22. The first-order valence-corrected chi connectivity index (χ1v) is 7.05. The van der Waals surface area contributed by atoms with E-state index in [-0.39, 0.29) is 11.0 Å². The van der Waals surface area contributed by atoms with Gasteiger partial charge in [0.05, 0.1) is 6.26 Å². The van der Waals surface area contributed by atoms with E-state index in [4.69, 9.17) is 16.6 Å². The highest BCUT2D eigenvalue weighted by Gasteiger charge is 2.06. The molecule has 0 aliphatic carbocycles. The molecule has 0 fully saturated rings. The molecule has 2 rings (SSSR count). The molecular formula is C12H12N4O2S2. The molecule has 0 atom stereocenters. The zero-order chi connectivity index (χ0) is 14.4. The minimum Gasteiger partial charge on any atom is -0.465 e. The molecule has 2 aromatic rings. The summed E-state index contributed by atoms with van der Waals surface area (Å²) in [5.74, 6) is 0.245. The fraction of sp³-hybridized carbons (Fsp3) is 0.167. The third kappa shape index (κ3) is 4.25. The van der Waals surface area contributed by atoms with Crippen LogP contribution in [0.3, 0.4) is 0 Å². The van der Waals surface area contributed by atoms with Crippen molar-refractivity contribution in [2.75, 3.05) is 5.32 Å². The van der Waals surface area contributed by atoms with Crippen LogP contribution in [0.5, 0.6) is 0 Å². The van der Waals surface area contributed by atoms with Gasteiger partial charge in [-0.1, -0.05) is 18.3 Å². The van der Waals surface area contributed by atoms with Gasteiger partial charge in [0.2, 0.25) is 11.0 Å². The maximum absolute atomic E-state index is 11.6. The van der Waals surface area contributed by atoms with Crippen molar-refractivity contribution in [3.63, 3.8) is 0 Å². The van der Waals surface area contributed by atoms with Crippen molar-refractivity contribution >= 4 is 45.8 Å². The first kappa shape index (κ1) is 14.4. The Kier molecular flexibility index (Phi) is 4.97. The number of aromatic nitrogens is 2. The van der Waals surface area contributed by atoms with E-state index >= 15 is 0 Å². The van der Waals surface area contributed by atoms with Gasteiger partial charge in [-0.3, -0.25) is 10.1 Å². The van der Waals surface area contributed by atoms with Gasteiger partial charge >= 0.3 is 0 Å². The molecule has 0 unspecified atom stereocenters. The number of hydrogen-bond donors (Lipinski definition) is 2. The highest BCUT2D eigenvalue weighted by atomic mass is 32.1. The Morgan fingerprint density at radius 3 is 3.05 bits per heavy atom. The van der Waals surface area contributed by atoms with Crippen molar-refractivity contribution in [2.45, 2.75) is 13.3 Å². The number of anilines is 1. The Bertz CT molecular complexity index is 619. The van der Waals surface area contributed by atoms with Crippen LogP contribution in [-0.4, -0.2) is 21.2 Å². The quantitative estimate of drug-likeness (QED) is 0.666. The van der Waals surface area contributed by atoms with Crippen LogP contribution in [0.2, 0.25) is 0 Å². The first-order valence-electron chi connectivity index (χ1n) is 5.83. The number of thiocarbonyl (C=S) groups is 1. The number of carbonyl (C=O) groups excluding carboxylic acids is 1. The lowest BCUT2D eigenvalue weighted by Crippen LogP contribution is -2.32. The number of rotatable bonds is 4. The first-order chi connectivity index (χ1) is 9.67. The molecular weight excluding hydrogens is 296 g/mol. The second kappa shape index (κ2) is 6.92. The van der Waals surface area contributed by atoms with Crippen LogP contribution in [0, 0.1) is 0 Å². The predicted molar refractivity (Wildman–Crippen MR) is 81.4 cm³/mol. The predicted octanol–water partition coefficient (Wildman–Crippen LogP) is 2.22. The Morgan fingerprint density at radius 1 is 1.55 bits per heavy atom. The Balaban J connectivity index is 1.83. The third-order valence-corrected chi connectivity index (χ3v) is 3.36. The Morgan fingerprint density at radius 2 is 2.40 bits per heavy atom. The van der Waals surface area contributed by atoms with E-state index in [1.54, 1.807) is 18.2 Å². The molecule has 8 heteroatoms. The average Bonchev–Trinajstić information content (AvgIpc) is 3.06. The van der Waals surface area contributed by atoms with Crippen molar-refractivity contribution in [2.24, 2.45) is 0 Å². The topological polar surface area (TPSA) is 80.0 Å². The molecule has 0 aromatic carbocycles. The van der Waals surface area contributed by atoms with Crippen LogP contribution in [-0.2, 0) is 11.2 Å². The molecule has 0 aliphatic rings. The second-order valence-electron chi connectivity index (χ2n) is 3.65. The van der Waals surface area contributed by atoms with E-state index in [1.165, 1.54) is 23.7 Å². The molecule has 2 aromatic heterocycles. The molecule has 2 N–H and O–H groups in total. The van der Waals surface area contributed by atoms with Crippen LogP contribution in [0.4, 0.5) is 5.13 Å². The minimum absolute atomic E-state index is 0.179. The Hall–Kier alpha value is -2.06. The van der Waals surface area contributed by atoms with Gasteiger partial charge in [0.25, 0.3) is 0 Å². The minimum atomic E-state index is -0.348. The van der Waals surface area contributed by atoms with E-state index in [9.17, 15) is 4.79 Å². The number of nitrogens with zero attached hydrogens (tertiary/aromatic N) is 2. The number of furan rings is 1. The summed E-state index contributed by atoms with van der Waals surface area (Å²) < 4.78 is 5.07. The van der Waals surface area contributed by atoms with E-state index < -0.39 is 0 Å². The lowest BCUT2D eigenvalue weighted by molar-refractivity contribution is -0.115. The van der Waals surface area contributed by atoms with E-state index in [0.29, 0.717) is 10.9 Å². The van der Waals surface area contributed by atoms with Crippen molar-refractivity contribution in [1.82, 2.24) is 15.5 Å². The van der Waals surface area contributed by atoms with Gasteiger partial charge in [0, 0.05) is 6.08 Å². The molecule has 20 heavy (non-hydrogen) atoms. The summed E-state index contributed by atoms with van der Waals surface area (Å²) in [6.45, 7) is 1.99. The summed E-state index contributed by atoms with van der Waals surface area (Å²) in [6.07, 6.45) is 5.23. The molecule has 0 saturated heterocycles. The van der Waals surface area contributed by atoms with Gasteiger partial charge in [-0.05, 0) is 36.8 Å². The van der Waals surface area contributed by atoms with Crippen molar-refractivity contribution < 1.29 is 9.21 Å². The van der Waals surface area contributed by atoms with Crippen molar-refractivity contribution in [3.8, 4) is 0 Å². The van der Waals surface area contributed by atoms with E-state index in [1.807, 2.05) is 6.92 Å². The molecule has 2 heterocycles. The summed E-state index contributed by atoms with van der Waals surface area (Å²) in [4.78, 5) is 11.6. The summed E-state index contributed by atoms with van der Waals surface area (Å²) in [7, 11) is 0. The van der Waals surface area contributed by atoms with Crippen LogP contribution in [0.1, 0.15) is 17.7 Å². The molecule has 6 nitrogen and oxygen atoms in total. The number of hydrogen-bond acceptors (Lipinski definition) is 6. The van der Waals surface area contributed by atoms with Crippen LogP contribution < -0.4 is 10.6 Å². The SMILES string of the molecule is CCc1nnc(NC(=S)NC(=O)C=Cc2ccco2)s1. The third-order valence-electron chi connectivity index (χ3n) is 2.17. The van der Waals surface area contributed by atoms with E-state index in [2.05, 4.69) is 20.8 Å². The molecule has 0 bridgehead atoms. The fourth-order valence-electron chi connectivity index (χ4n) is 1.27. The van der Waals surface area contributed by atoms with Gasteiger partial charge < -0.3 is 9.73 Å². The van der Waals surface area contributed by atoms with Crippen LogP contribution in [0.15, 0.2) is 28.9 Å². The van der Waals surface area contributed by atoms with Gasteiger partial charge in [-0.25, -0.2) is 0 Å². The Labute approximate surface area is 124 Å². The monoisotopic (exact) mass is 308 g/mol. The lowest BCUT2D eigenvalue weighted by atomic mass is 10.4. The van der Waals surface area contributed by atoms with Crippen LogP contribution >= 0.6 is 23.6 Å². The van der Waals surface area contributed by atoms with Gasteiger partial charge in [-0.15, -0.1) is 10.2 Å². The van der Waals surface area contributed by atoms with Crippen molar-refractivity contribution in [1.29, 1.82) is 0 Å². The molecule has 0 radical (unpaired) electrons. The number of nitrogens with one attached hydrogen (secondary N) is 2. The largest absolute Gasteiger partial charge is 0.465 e. The number of aryl methyl sites for hydroxylation is 1. The summed E-state index contributed by atoms with van der Waals surface area (Å²) in [5, 5.41) is 14.8. The number of carbonyl (C=O) groups is 1. The normalized spacial score (nSPS) is 10.7. The average molecular weight is 308 g/mol. The molecule has 0 aliphatic heterocycles. The zero-order valence-corrected chi connectivity index (χ0v) is 12.3. The highest BCUT2D eigenvalue weighted by molar-refractivity contribution is 7.80. The maximum atomic E-state index is 11.6. The molecule has 1 amide bonds. The van der Waals surface area contributed by atoms with Crippen LogP contribution in [0.25, 0.3) is 6.08 Å². The van der Waals surface area contributed by atoms with Crippen molar-refractivity contribution in [3.05, 3.63) is 35.2 Å². The standard InChI is InChI=1S/C12H12N4O2S2/c1-2-10-15-16-12(20-10)14-11(19)13-9(17)6-5-8-4-3-7-18-8/h3-7H,2H2,1H3,(H2,13,14,16,17,19). The smallest absolute Gasteiger partial charge is 0.250 e. The highest BCUT2D eigenvalue weighted by Crippen LogP contribution is 2.14. The summed E-state index contributed by atoms with van der Waals surface area (Å²) in [6, 6.07) is 3.48. The van der Waals surface area contributed by atoms with E-state index in [0.717, 1.165) is 11.4 Å². The summed E-state index contributed by atoms with van der Waals surface area (Å²) >= 11 is 6.41. The van der Waals surface area contributed by atoms with Gasteiger partial charge in [0.15, 0.2) is 5.11 Å². The molecule has 0 saturated carbocycles. The maximum Gasteiger partial charge on any atom is 0.250 e.